The van der Waals surface area contributed by atoms with Crippen LogP contribution in [0.3, 0.4) is 0 Å². The van der Waals surface area contributed by atoms with Crippen LogP contribution < -0.4 is 11.1 Å². The van der Waals surface area contributed by atoms with E-state index in [0.29, 0.717) is 6.54 Å². The predicted molar refractivity (Wildman–Crippen MR) is 73.5 cm³/mol. The maximum absolute atomic E-state index is 12.3. The summed E-state index contributed by atoms with van der Waals surface area (Å²) in [5.41, 5.74) is 7.71. The summed E-state index contributed by atoms with van der Waals surface area (Å²) in [6, 6.07) is 5.54. The van der Waals surface area contributed by atoms with Crippen LogP contribution in [0, 0.1) is 5.41 Å². The van der Waals surface area contributed by atoms with Gasteiger partial charge in [0.1, 0.15) is 0 Å². The highest BCUT2D eigenvalue weighted by atomic mass is 16.2. The highest BCUT2D eigenvalue weighted by Gasteiger charge is 2.42. The van der Waals surface area contributed by atoms with E-state index in [1.807, 2.05) is 18.2 Å². The minimum Gasteiger partial charge on any atom is -0.329 e. The molecule has 3 N–H and O–H groups in total. The molecular weight excluding hydrogens is 240 g/mol. The second-order valence-electron chi connectivity index (χ2n) is 5.05. The number of anilines is 1. The van der Waals surface area contributed by atoms with Crippen molar-refractivity contribution >= 4 is 22.6 Å². The summed E-state index contributed by atoms with van der Waals surface area (Å²) in [7, 11) is 0. The van der Waals surface area contributed by atoms with Gasteiger partial charge in [0, 0.05) is 24.6 Å². The Balaban J connectivity index is 1.83. The van der Waals surface area contributed by atoms with Gasteiger partial charge in [0.05, 0.1) is 16.4 Å². The number of hydrogen-bond acceptors (Lipinski definition) is 4. The van der Waals surface area contributed by atoms with Crippen molar-refractivity contribution in [3.63, 3.8) is 0 Å². The van der Waals surface area contributed by atoms with Gasteiger partial charge in [-0.05, 0) is 31.0 Å². The molecule has 0 atom stereocenters. The Kier molecular flexibility index (Phi) is 2.91. The van der Waals surface area contributed by atoms with Gasteiger partial charge in [0.15, 0.2) is 0 Å². The first-order valence-corrected chi connectivity index (χ1v) is 6.46. The van der Waals surface area contributed by atoms with Gasteiger partial charge >= 0.3 is 0 Å². The minimum absolute atomic E-state index is 0.0180. The van der Waals surface area contributed by atoms with Crippen molar-refractivity contribution < 1.29 is 4.79 Å². The summed E-state index contributed by atoms with van der Waals surface area (Å²) in [6.07, 6.45) is 6.12. The average molecular weight is 256 g/mol. The van der Waals surface area contributed by atoms with Crippen LogP contribution in [-0.2, 0) is 4.79 Å². The molecule has 0 bridgehead atoms. The first-order chi connectivity index (χ1) is 9.23. The molecule has 1 aliphatic carbocycles. The van der Waals surface area contributed by atoms with E-state index < -0.39 is 0 Å². The molecule has 1 aliphatic rings. The molecule has 1 saturated carbocycles. The SMILES string of the molecule is NCC1(C(=O)Nc2ccc3nccnc3c2)CCC1. The van der Waals surface area contributed by atoms with E-state index in [0.717, 1.165) is 36.0 Å². The summed E-state index contributed by atoms with van der Waals surface area (Å²) < 4.78 is 0. The lowest BCUT2D eigenvalue weighted by atomic mass is 9.68. The molecule has 5 heteroatoms. The van der Waals surface area contributed by atoms with E-state index >= 15 is 0 Å². The van der Waals surface area contributed by atoms with Crippen LogP contribution in [0.5, 0.6) is 0 Å². The Labute approximate surface area is 111 Å². The van der Waals surface area contributed by atoms with E-state index in [-0.39, 0.29) is 11.3 Å². The van der Waals surface area contributed by atoms with Crippen molar-refractivity contribution in [2.45, 2.75) is 19.3 Å². The number of nitrogens with one attached hydrogen (secondary N) is 1. The molecule has 2 aromatic rings. The van der Waals surface area contributed by atoms with Crippen LogP contribution >= 0.6 is 0 Å². The highest BCUT2D eigenvalue weighted by molar-refractivity contribution is 5.97. The maximum atomic E-state index is 12.3. The van der Waals surface area contributed by atoms with Crippen molar-refractivity contribution in [1.82, 2.24) is 9.97 Å². The van der Waals surface area contributed by atoms with Crippen molar-refractivity contribution in [3.8, 4) is 0 Å². The monoisotopic (exact) mass is 256 g/mol. The molecule has 0 radical (unpaired) electrons. The van der Waals surface area contributed by atoms with Gasteiger partial charge in [-0.1, -0.05) is 6.42 Å². The molecule has 0 saturated heterocycles. The van der Waals surface area contributed by atoms with Crippen LogP contribution in [0.15, 0.2) is 30.6 Å². The number of nitrogens with two attached hydrogens (primary N) is 1. The zero-order chi connectivity index (χ0) is 13.3. The minimum atomic E-state index is -0.364. The molecule has 0 spiro atoms. The number of hydrogen-bond donors (Lipinski definition) is 2. The lowest BCUT2D eigenvalue weighted by Gasteiger charge is -2.39. The van der Waals surface area contributed by atoms with E-state index in [1.165, 1.54) is 0 Å². The van der Waals surface area contributed by atoms with Crippen LogP contribution in [0.25, 0.3) is 11.0 Å². The second kappa shape index (κ2) is 4.59. The molecule has 1 aromatic carbocycles. The topological polar surface area (TPSA) is 80.9 Å². The van der Waals surface area contributed by atoms with Gasteiger partial charge in [-0.3, -0.25) is 14.8 Å². The molecule has 3 rings (SSSR count). The number of carbonyl (C=O) groups excluding carboxylic acids is 1. The standard InChI is InChI=1S/C14H16N4O/c15-9-14(4-1-5-14)13(19)18-10-2-3-11-12(8-10)17-7-6-16-11/h2-3,6-8H,1,4-5,9,15H2,(H,18,19). The van der Waals surface area contributed by atoms with Crippen LogP contribution in [0.4, 0.5) is 5.69 Å². The van der Waals surface area contributed by atoms with E-state index in [1.54, 1.807) is 12.4 Å². The molecule has 98 valence electrons. The first kappa shape index (κ1) is 12.0. The van der Waals surface area contributed by atoms with Crippen molar-refractivity contribution in [3.05, 3.63) is 30.6 Å². The highest BCUT2D eigenvalue weighted by Crippen LogP contribution is 2.40. The zero-order valence-electron chi connectivity index (χ0n) is 10.6. The molecule has 1 heterocycles. The lowest BCUT2D eigenvalue weighted by Crippen LogP contribution is -2.47. The number of rotatable bonds is 3. The third-order valence-corrected chi connectivity index (χ3v) is 3.91. The van der Waals surface area contributed by atoms with Gasteiger partial charge in [-0.2, -0.15) is 0 Å². The first-order valence-electron chi connectivity index (χ1n) is 6.46. The normalized spacial score (nSPS) is 16.9. The molecule has 1 aromatic heterocycles. The Bertz CT molecular complexity index is 616. The zero-order valence-corrected chi connectivity index (χ0v) is 10.6. The van der Waals surface area contributed by atoms with E-state index in [2.05, 4.69) is 15.3 Å². The summed E-state index contributed by atoms with van der Waals surface area (Å²) >= 11 is 0. The van der Waals surface area contributed by atoms with Crippen molar-refractivity contribution in [1.29, 1.82) is 0 Å². The molecule has 0 unspecified atom stereocenters. The molecule has 5 nitrogen and oxygen atoms in total. The van der Waals surface area contributed by atoms with E-state index in [9.17, 15) is 4.79 Å². The summed E-state index contributed by atoms with van der Waals surface area (Å²) in [6.45, 7) is 0.409. The third kappa shape index (κ3) is 2.06. The van der Waals surface area contributed by atoms with Crippen LogP contribution in [0.1, 0.15) is 19.3 Å². The Morgan fingerprint density at radius 3 is 2.63 bits per heavy atom. The Hall–Kier alpha value is -2.01. The smallest absolute Gasteiger partial charge is 0.231 e. The quantitative estimate of drug-likeness (QED) is 0.875. The average Bonchev–Trinajstić information content (AvgIpc) is 2.38. The lowest BCUT2D eigenvalue weighted by molar-refractivity contribution is -0.129. The van der Waals surface area contributed by atoms with E-state index in [4.69, 9.17) is 5.73 Å². The molecule has 0 aliphatic heterocycles. The fourth-order valence-corrected chi connectivity index (χ4v) is 2.43. The largest absolute Gasteiger partial charge is 0.329 e. The van der Waals surface area contributed by atoms with Gasteiger partial charge < -0.3 is 11.1 Å². The number of aromatic nitrogens is 2. The van der Waals surface area contributed by atoms with Gasteiger partial charge in [0.25, 0.3) is 0 Å². The van der Waals surface area contributed by atoms with Gasteiger partial charge in [-0.15, -0.1) is 0 Å². The molecular formula is C14H16N4O. The van der Waals surface area contributed by atoms with Gasteiger partial charge in [0.2, 0.25) is 5.91 Å². The van der Waals surface area contributed by atoms with Crippen molar-refractivity contribution in [2.24, 2.45) is 11.1 Å². The number of fused-ring (bicyclic) bond motifs is 1. The maximum Gasteiger partial charge on any atom is 0.231 e. The van der Waals surface area contributed by atoms with Crippen LogP contribution in [-0.4, -0.2) is 22.4 Å². The Morgan fingerprint density at radius 1 is 1.26 bits per heavy atom. The Morgan fingerprint density at radius 2 is 2.00 bits per heavy atom. The third-order valence-electron chi connectivity index (χ3n) is 3.91. The molecule has 1 fully saturated rings. The molecule has 19 heavy (non-hydrogen) atoms. The number of nitrogens with zero attached hydrogens (tertiary/aromatic N) is 2. The fourth-order valence-electron chi connectivity index (χ4n) is 2.43. The summed E-state index contributed by atoms with van der Waals surface area (Å²) in [5.74, 6) is 0.0180. The fraction of sp³-hybridized carbons (Fsp3) is 0.357. The van der Waals surface area contributed by atoms with Crippen molar-refractivity contribution in [2.75, 3.05) is 11.9 Å². The number of amides is 1. The summed E-state index contributed by atoms with van der Waals surface area (Å²) in [4.78, 5) is 20.7. The number of carbonyl (C=O) groups is 1. The second-order valence-corrected chi connectivity index (χ2v) is 5.05. The summed E-state index contributed by atoms with van der Waals surface area (Å²) in [5, 5.41) is 2.94. The van der Waals surface area contributed by atoms with Gasteiger partial charge in [-0.25, -0.2) is 0 Å². The van der Waals surface area contributed by atoms with Crippen LogP contribution in [0.2, 0.25) is 0 Å². The predicted octanol–water partition coefficient (Wildman–Crippen LogP) is 1.70. The number of benzene rings is 1. The molecule has 1 amide bonds.